The van der Waals surface area contributed by atoms with Crippen molar-refractivity contribution < 1.29 is 4.74 Å². The SMILES string of the molecule is Cc1nc([C@H]2OCC[C@H]2CNc2cnccc2C#N)n[nH]1. The van der Waals surface area contributed by atoms with Crippen molar-refractivity contribution in [2.45, 2.75) is 19.4 Å². The topological polar surface area (TPSA) is 99.5 Å². The highest BCUT2D eigenvalue weighted by atomic mass is 16.5. The van der Waals surface area contributed by atoms with E-state index in [1.165, 1.54) is 0 Å². The summed E-state index contributed by atoms with van der Waals surface area (Å²) in [6.45, 7) is 3.26. The fourth-order valence-electron chi connectivity index (χ4n) is 2.49. The van der Waals surface area contributed by atoms with Gasteiger partial charge in [0, 0.05) is 25.3 Å². The van der Waals surface area contributed by atoms with Gasteiger partial charge in [-0.05, 0) is 19.4 Å². The van der Waals surface area contributed by atoms with Crippen molar-refractivity contribution in [1.82, 2.24) is 20.2 Å². The molecule has 2 aromatic rings. The van der Waals surface area contributed by atoms with E-state index in [1.54, 1.807) is 18.5 Å². The van der Waals surface area contributed by atoms with E-state index in [9.17, 15) is 0 Å². The van der Waals surface area contributed by atoms with Gasteiger partial charge in [0.1, 0.15) is 18.0 Å². The molecule has 3 rings (SSSR count). The predicted molar refractivity (Wildman–Crippen MR) is 75.4 cm³/mol. The summed E-state index contributed by atoms with van der Waals surface area (Å²) in [4.78, 5) is 8.39. The lowest BCUT2D eigenvalue weighted by molar-refractivity contribution is 0.0864. The highest BCUT2D eigenvalue weighted by molar-refractivity contribution is 5.55. The molecule has 108 valence electrons. The Morgan fingerprint density at radius 1 is 1.57 bits per heavy atom. The molecule has 7 nitrogen and oxygen atoms in total. The molecule has 1 saturated heterocycles. The van der Waals surface area contributed by atoms with E-state index in [2.05, 4.69) is 31.6 Å². The van der Waals surface area contributed by atoms with E-state index in [0.717, 1.165) is 17.9 Å². The van der Waals surface area contributed by atoms with Gasteiger partial charge in [-0.15, -0.1) is 0 Å². The summed E-state index contributed by atoms with van der Waals surface area (Å²) in [7, 11) is 0. The zero-order chi connectivity index (χ0) is 14.7. The van der Waals surface area contributed by atoms with Gasteiger partial charge in [0.2, 0.25) is 0 Å². The fraction of sp³-hybridized carbons (Fsp3) is 0.429. The number of hydrogen-bond donors (Lipinski definition) is 2. The molecule has 1 aliphatic rings. The van der Waals surface area contributed by atoms with Crippen molar-refractivity contribution in [2.24, 2.45) is 5.92 Å². The van der Waals surface area contributed by atoms with Crippen LogP contribution in [0.4, 0.5) is 5.69 Å². The summed E-state index contributed by atoms with van der Waals surface area (Å²) in [5, 5.41) is 19.4. The number of aromatic nitrogens is 4. The second-order valence-electron chi connectivity index (χ2n) is 5.03. The van der Waals surface area contributed by atoms with E-state index < -0.39 is 0 Å². The molecule has 0 amide bonds. The number of pyridine rings is 1. The van der Waals surface area contributed by atoms with Crippen LogP contribution in [0.15, 0.2) is 18.5 Å². The molecule has 0 unspecified atom stereocenters. The largest absolute Gasteiger partial charge is 0.382 e. The number of hydrogen-bond acceptors (Lipinski definition) is 6. The van der Waals surface area contributed by atoms with E-state index in [0.29, 0.717) is 24.5 Å². The molecule has 0 aromatic carbocycles. The maximum absolute atomic E-state index is 9.08. The third-order valence-corrected chi connectivity index (χ3v) is 3.58. The maximum atomic E-state index is 9.08. The van der Waals surface area contributed by atoms with E-state index in [-0.39, 0.29) is 12.0 Å². The van der Waals surface area contributed by atoms with Gasteiger partial charge in [-0.3, -0.25) is 10.1 Å². The molecule has 2 atom stereocenters. The van der Waals surface area contributed by atoms with Gasteiger partial charge in [0.25, 0.3) is 0 Å². The third-order valence-electron chi connectivity index (χ3n) is 3.58. The van der Waals surface area contributed by atoms with Crippen LogP contribution in [0.3, 0.4) is 0 Å². The van der Waals surface area contributed by atoms with Gasteiger partial charge in [-0.2, -0.15) is 10.4 Å². The Morgan fingerprint density at radius 2 is 2.48 bits per heavy atom. The van der Waals surface area contributed by atoms with Crippen molar-refractivity contribution in [3.63, 3.8) is 0 Å². The van der Waals surface area contributed by atoms with Crippen LogP contribution in [-0.2, 0) is 4.74 Å². The average molecular weight is 284 g/mol. The summed E-state index contributed by atoms with van der Waals surface area (Å²) < 4.78 is 5.74. The van der Waals surface area contributed by atoms with Crippen LogP contribution in [-0.4, -0.2) is 33.3 Å². The van der Waals surface area contributed by atoms with Crippen molar-refractivity contribution in [3.8, 4) is 6.07 Å². The zero-order valence-electron chi connectivity index (χ0n) is 11.7. The lowest BCUT2D eigenvalue weighted by atomic mass is 10.0. The molecule has 0 aliphatic carbocycles. The Bertz CT molecular complexity index is 661. The number of nitrogens with zero attached hydrogens (tertiary/aromatic N) is 4. The molecule has 1 aliphatic heterocycles. The number of nitriles is 1. The van der Waals surface area contributed by atoms with Crippen molar-refractivity contribution in [1.29, 1.82) is 5.26 Å². The van der Waals surface area contributed by atoms with Crippen LogP contribution in [0.25, 0.3) is 0 Å². The minimum Gasteiger partial charge on any atom is -0.382 e. The summed E-state index contributed by atoms with van der Waals surface area (Å²) >= 11 is 0. The Kier molecular flexibility index (Phi) is 3.79. The number of nitrogens with one attached hydrogen (secondary N) is 2. The summed E-state index contributed by atoms with van der Waals surface area (Å²) in [6.07, 6.45) is 4.11. The first kappa shape index (κ1) is 13.5. The first-order valence-electron chi connectivity index (χ1n) is 6.86. The number of anilines is 1. The molecule has 0 bridgehead atoms. The smallest absolute Gasteiger partial charge is 0.179 e. The molecule has 2 aromatic heterocycles. The zero-order valence-corrected chi connectivity index (χ0v) is 11.7. The Balaban J connectivity index is 1.68. The Morgan fingerprint density at radius 3 is 3.24 bits per heavy atom. The van der Waals surface area contributed by atoms with Crippen molar-refractivity contribution in [3.05, 3.63) is 35.7 Å². The lowest BCUT2D eigenvalue weighted by Gasteiger charge is -2.17. The van der Waals surface area contributed by atoms with E-state index in [1.807, 2.05) is 6.92 Å². The maximum Gasteiger partial charge on any atom is 0.179 e. The van der Waals surface area contributed by atoms with E-state index >= 15 is 0 Å². The molecule has 0 spiro atoms. The van der Waals surface area contributed by atoms with Gasteiger partial charge in [-0.25, -0.2) is 4.98 Å². The molecule has 0 radical (unpaired) electrons. The fourth-order valence-corrected chi connectivity index (χ4v) is 2.49. The number of ether oxygens (including phenoxy) is 1. The second kappa shape index (κ2) is 5.89. The number of aromatic amines is 1. The lowest BCUT2D eigenvalue weighted by Crippen LogP contribution is -2.19. The summed E-state index contributed by atoms with van der Waals surface area (Å²) in [5.41, 5.74) is 1.34. The minimum absolute atomic E-state index is 0.107. The first-order chi connectivity index (χ1) is 10.3. The summed E-state index contributed by atoms with van der Waals surface area (Å²) in [6, 6.07) is 3.85. The predicted octanol–water partition coefficient (Wildman–Crippen LogP) is 1.57. The normalized spacial score (nSPS) is 21.1. The van der Waals surface area contributed by atoms with Gasteiger partial charge in [0.05, 0.1) is 17.4 Å². The third kappa shape index (κ3) is 2.85. The molecule has 7 heteroatoms. The molecule has 21 heavy (non-hydrogen) atoms. The number of aryl methyl sites for hydroxylation is 1. The summed E-state index contributed by atoms with van der Waals surface area (Å²) in [5.74, 6) is 1.75. The van der Waals surface area contributed by atoms with Gasteiger partial charge in [0.15, 0.2) is 5.82 Å². The molecular weight excluding hydrogens is 268 g/mol. The Hall–Kier alpha value is -2.46. The van der Waals surface area contributed by atoms with Gasteiger partial charge < -0.3 is 10.1 Å². The van der Waals surface area contributed by atoms with Crippen molar-refractivity contribution in [2.75, 3.05) is 18.5 Å². The van der Waals surface area contributed by atoms with E-state index in [4.69, 9.17) is 10.00 Å². The van der Waals surface area contributed by atoms with Crippen LogP contribution >= 0.6 is 0 Å². The quantitative estimate of drug-likeness (QED) is 0.884. The highest BCUT2D eigenvalue weighted by Gasteiger charge is 2.32. The van der Waals surface area contributed by atoms with Crippen LogP contribution in [0.2, 0.25) is 0 Å². The van der Waals surface area contributed by atoms with Crippen LogP contribution in [0.1, 0.15) is 29.7 Å². The van der Waals surface area contributed by atoms with Crippen molar-refractivity contribution >= 4 is 5.69 Å². The molecule has 3 heterocycles. The van der Waals surface area contributed by atoms with Gasteiger partial charge in [-0.1, -0.05) is 0 Å². The molecule has 0 saturated carbocycles. The Labute approximate surface area is 122 Å². The molecule has 2 N–H and O–H groups in total. The standard InChI is InChI=1S/C14H16N6O/c1-9-18-14(20-19-9)13-11(3-5-21-13)7-17-12-8-16-4-2-10(12)6-15/h2,4,8,11,13,17H,3,5,7H2,1H3,(H,18,19,20)/t11-,13-/m0/s1. The average Bonchev–Trinajstić information content (AvgIpc) is 3.13. The number of rotatable bonds is 4. The number of H-pyrrole nitrogens is 1. The van der Waals surface area contributed by atoms with Crippen LogP contribution < -0.4 is 5.32 Å². The minimum atomic E-state index is -0.107. The monoisotopic (exact) mass is 284 g/mol. The second-order valence-corrected chi connectivity index (χ2v) is 5.03. The molecule has 1 fully saturated rings. The highest BCUT2D eigenvalue weighted by Crippen LogP contribution is 2.32. The van der Waals surface area contributed by atoms with Gasteiger partial charge >= 0.3 is 0 Å². The van der Waals surface area contributed by atoms with Crippen LogP contribution in [0.5, 0.6) is 0 Å². The van der Waals surface area contributed by atoms with Crippen LogP contribution in [0, 0.1) is 24.2 Å². The molecular formula is C14H16N6O. The first-order valence-corrected chi connectivity index (χ1v) is 6.86.